The second kappa shape index (κ2) is 7.42. The molecule has 0 saturated carbocycles. The van der Waals surface area contributed by atoms with Crippen LogP contribution in [0.4, 0.5) is 4.39 Å². The summed E-state index contributed by atoms with van der Waals surface area (Å²) in [6, 6.07) is 9.91. The van der Waals surface area contributed by atoms with Crippen LogP contribution >= 0.6 is 0 Å². The number of hydrogen-bond donors (Lipinski definition) is 2. The number of halogens is 1. The molecule has 0 fully saturated rings. The fourth-order valence-corrected chi connectivity index (χ4v) is 2.31. The van der Waals surface area contributed by atoms with Crippen molar-refractivity contribution in [2.75, 3.05) is 6.54 Å². The Morgan fingerprint density at radius 3 is 2.74 bits per heavy atom. The summed E-state index contributed by atoms with van der Waals surface area (Å²) in [7, 11) is 0. The van der Waals surface area contributed by atoms with E-state index in [9.17, 15) is 14.3 Å². The first-order valence-corrected chi connectivity index (χ1v) is 7.67. The molecule has 1 heterocycles. The molecule has 2 rings (SSSR count). The molecule has 2 unspecified atom stereocenters. The largest absolute Gasteiger partial charge is 0.466 e. The van der Waals surface area contributed by atoms with E-state index in [1.165, 1.54) is 12.3 Å². The monoisotopic (exact) mass is 319 g/mol. The van der Waals surface area contributed by atoms with Crippen molar-refractivity contribution in [2.24, 2.45) is 5.92 Å². The third-order valence-corrected chi connectivity index (χ3v) is 3.91. The van der Waals surface area contributed by atoms with Crippen LogP contribution < -0.4 is 5.32 Å². The molecule has 4 nitrogen and oxygen atoms in total. The maximum atomic E-state index is 13.6. The number of hydrogen-bond acceptors (Lipinski definition) is 3. The van der Waals surface area contributed by atoms with E-state index in [0.29, 0.717) is 24.2 Å². The minimum atomic E-state index is -1.26. The molecule has 1 aromatic heterocycles. The molecular formula is C18H22FNO3. The molecular weight excluding hydrogens is 297 g/mol. The van der Waals surface area contributed by atoms with Crippen LogP contribution in [0.25, 0.3) is 0 Å². The summed E-state index contributed by atoms with van der Waals surface area (Å²) in [6.07, 6.45) is 2.51. The zero-order valence-corrected chi connectivity index (χ0v) is 13.4. The minimum Gasteiger partial charge on any atom is -0.466 e. The molecule has 0 radical (unpaired) electrons. The molecule has 0 spiro atoms. The lowest BCUT2D eigenvalue weighted by atomic mass is 9.99. The van der Waals surface area contributed by atoms with Gasteiger partial charge in [-0.05, 0) is 43.5 Å². The molecule has 124 valence electrons. The van der Waals surface area contributed by atoms with E-state index in [4.69, 9.17) is 4.42 Å². The van der Waals surface area contributed by atoms with Crippen LogP contribution in [0.5, 0.6) is 0 Å². The number of aryl methyl sites for hydroxylation is 1. The topological polar surface area (TPSA) is 62.5 Å². The van der Waals surface area contributed by atoms with Crippen LogP contribution in [0.15, 0.2) is 47.1 Å². The highest BCUT2D eigenvalue weighted by atomic mass is 19.1. The van der Waals surface area contributed by atoms with Gasteiger partial charge in [0.15, 0.2) is 0 Å². The predicted octanol–water partition coefficient (Wildman–Crippen LogP) is 3.01. The number of carbonyl (C=O) groups is 1. The second-order valence-corrected chi connectivity index (χ2v) is 6.00. The third kappa shape index (κ3) is 4.66. The second-order valence-electron chi connectivity index (χ2n) is 6.00. The molecule has 1 amide bonds. The number of benzene rings is 1. The normalized spacial score (nSPS) is 15.0. The Labute approximate surface area is 135 Å². The van der Waals surface area contributed by atoms with Crippen molar-refractivity contribution in [3.63, 3.8) is 0 Å². The molecule has 0 aliphatic carbocycles. The Morgan fingerprint density at radius 2 is 2.09 bits per heavy atom. The lowest BCUT2D eigenvalue weighted by molar-refractivity contribution is -0.126. The van der Waals surface area contributed by atoms with Gasteiger partial charge >= 0.3 is 0 Å². The van der Waals surface area contributed by atoms with Crippen LogP contribution in [0.1, 0.15) is 31.6 Å². The molecule has 0 bridgehead atoms. The van der Waals surface area contributed by atoms with E-state index < -0.39 is 5.60 Å². The summed E-state index contributed by atoms with van der Waals surface area (Å²) < 4.78 is 18.7. The van der Waals surface area contributed by atoms with Gasteiger partial charge in [-0.2, -0.15) is 0 Å². The fourth-order valence-electron chi connectivity index (χ4n) is 2.31. The first-order valence-electron chi connectivity index (χ1n) is 7.67. The van der Waals surface area contributed by atoms with Gasteiger partial charge in [0.05, 0.1) is 12.8 Å². The summed E-state index contributed by atoms with van der Waals surface area (Å²) in [6.45, 7) is 3.43. The number of nitrogens with one attached hydrogen (secondary N) is 1. The quantitative estimate of drug-likeness (QED) is 0.824. The van der Waals surface area contributed by atoms with Crippen LogP contribution in [0.3, 0.4) is 0 Å². The Morgan fingerprint density at radius 1 is 1.35 bits per heavy atom. The lowest BCUT2D eigenvalue weighted by Crippen LogP contribution is -2.40. The Hall–Kier alpha value is -2.14. The Balaban J connectivity index is 1.82. The standard InChI is InChI=1S/C18H22FNO3/c1-13(9-10-14-6-3-4-7-15(14)19)17(21)20-12-18(2,22)16-8-5-11-23-16/h3-8,11,13,22H,9-10,12H2,1-2H3,(H,20,21). The Bertz CT molecular complexity index is 637. The van der Waals surface area contributed by atoms with Crippen molar-refractivity contribution in [1.29, 1.82) is 0 Å². The van der Waals surface area contributed by atoms with E-state index in [1.54, 1.807) is 44.2 Å². The third-order valence-electron chi connectivity index (χ3n) is 3.91. The van der Waals surface area contributed by atoms with Gasteiger partial charge in [-0.15, -0.1) is 0 Å². The summed E-state index contributed by atoms with van der Waals surface area (Å²) in [5, 5.41) is 13.0. The van der Waals surface area contributed by atoms with Gasteiger partial charge in [0.2, 0.25) is 5.91 Å². The predicted molar refractivity (Wildman–Crippen MR) is 85.2 cm³/mol. The highest BCUT2D eigenvalue weighted by molar-refractivity contribution is 5.78. The lowest BCUT2D eigenvalue weighted by Gasteiger charge is -2.22. The summed E-state index contributed by atoms with van der Waals surface area (Å²) in [5.41, 5.74) is -0.653. The summed E-state index contributed by atoms with van der Waals surface area (Å²) in [5.74, 6) is -0.298. The maximum absolute atomic E-state index is 13.6. The van der Waals surface area contributed by atoms with Gasteiger partial charge in [-0.3, -0.25) is 4.79 Å². The highest BCUT2D eigenvalue weighted by Gasteiger charge is 2.27. The number of amides is 1. The molecule has 0 aliphatic rings. The zero-order valence-electron chi connectivity index (χ0n) is 13.4. The van der Waals surface area contributed by atoms with Crippen molar-refractivity contribution in [3.05, 3.63) is 59.8 Å². The maximum Gasteiger partial charge on any atom is 0.222 e. The van der Waals surface area contributed by atoms with Crippen molar-refractivity contribution in [3.8, 4) is 0 Å². The van der Waals surface area contributed by atoms with Crippen molar-refractivity contribution >= 4 is 5.91 Å². The molecule has 5 heteroatoms. The zero-order chi connectivity index (χ0) is 16.9. The van der Waals surface area contributed by atoms with Crippen LogP contribution in [-0.2, 0) is 16.8 Å². The first-order chi connectivity index (χ1) is 10.9. The van der Waals surface area contributed by atoms with Gasteiger partial charge in [0.1, 0.15) is 17.2 Å². The van der Waals surface area contributed by atoms with E-state index >= 15 is 0 Å². The van der Waals surface area contributed by atoms with E-state index in [0.717, 1.165) is 0 Å². The molecule has 0 aliphatic heterocycles. The molecule has 2 aromatic rings. The number of aliphatic hydroxyl groups is 1. The molecule has 1 aromatic carbocycles. The smallest absolute Gasteiger partial charge is 0.222 e. The van der Waals surface area contributed by atoms with Crippen molar-refractivity contribution < 1.29 is 18.7 Å². The average Bonchev–Trinajstić information content (AvgIpc) is 3.07. The van der Waals surface area contributed by atoms with Gasteiger partial charge in [0.25, 0.3) is 0 Å². The average molecular weight is 319 g/mol. The van der Waals surface area contributed by atoms with Gasteiger partial charge < -0.3 is 14.8 Å². The summed E-state index contributed by atoms with van der Waals surface area (Å²) >= 11 is 0. The van der Waals surface area contributed by atoms with Gasteiger partial charge in [-0.1, -0.05) is 25.1 Å². The summed E-state index contributed by atoms with van der Waals surface area (Å²) in [4.78, 5) is 12.1. The molecule has 2 atom stereocenters. The minimum absolute atomic E-state index is 0.0589. The molecule has 2 N–H and O–H groups in total. The SMILES string of the molecule is CC(CCc1ccccc1F)C(=O)NCC(C)(O)c1ccco1. The molecule has 0 saturated heterocycles. The van der Waals surface area contributed by atoms with Crippen LogP contribution in [0.2, 0.25) is 0 Å². The van der Waals surface area contributed by atoms with Crippen LogP contribution in [0, 0.1) is 11.7 Å². The van der Waals surface area contributed by atoms with E-state index in [-0.39, 0.29) is 24.2 Å². The van der Waals surface area contributed by atoms with Crippen molar-refractivity contribution in [1.82, 2.24) is 5.32 Å². The van der Waals surface area contributed by atoms with Crippen LogP contribution in [-0.4, -0.2) is 17.6 Å². The first kappa shape index (κ1) is 17.2. The number of furan rings is 1. The van der Waals surface area contributed by atoms with E-state index in [2.05, 4.69) is 5.32 Å². The fraction of sp³-hybridized carbons (Fsp3) is 0.389. The molecule has 23 heavy (non-hydrogen) atoms. The van der Waals surface area contributed by atoms with Gasteiger partial charge in [-0.25, -0.2) is 4.39 Å². The number of carbonyl (C=O) groups excluding carboxylic acids is 1. The Kier molecular flexibility index (Phi) is 5.55. The van der Waals surface area contributed by atoms with Gasteiger partial charge in [0, 0.05) is 5.92 Å². The van der Waals surface area contributed by atoms with E-state index in [1.807, 2.05) is 0 Å². The highest BCUT2D eigenvalue weighted by Crippen LogP contribution is 2.20. The van der Waals surface area contributed by atoms with Crippen molar-refractivity contribution in [2.45, 2.75) is 32.3 Å². The number of rotatable bonds is 7.